The van der Waals surface area contributed by atoms with Crippen LogP contribution in [0.25, 0.3) is 10.8 Å². The van der Waals surface area contributed by atoms with Crippen LogP contribution in [0, 0.1) is 0 Å². The summed E-state index contributed by atoms with van der Waals surface area (Å²) in [5.74, 6) is 0.383. The monoisotopic (exact) mass is 375 g/mol. The third kappa shape index (κ3) is 4.88. The Kier molecular flexibility index (Phi) is 6.63. The first kappa shape index (κ1) is 19.4. The maximum Gasteiger partial charge on any atom is 0.277 e. The van der Waals surface area contributed by atoms with Crippen molar-refractivity contribution in [3.8, 4) is 5.75 Å². The average molecular weight is 375 g/mol. The fourth-order valence-corrected chi connectivity index (χ4v) is 3.04. The standard InChI is InChI=1S/C23H25N3O2/c1-3-26(4-2)20-14-12-18(13-15-20)16-24-25-23(27)17-28-22-11-7-9-19-8-5-6-10-21(19)22/h5-16H,3-4,17H2,1-2H3,(H,25,27)/b24-16+. The van der Waals surface area contributed by atoms with Gasteiger partial charge in [0.2, 0.25) is 0 Å². The summed E-state index contributed by atoms with van der Waals surface area (Å²) in [6.07, 6.45) is 1.63. The molecule has 0 aliphatic carbocycles. The van der Waals surface area contributed by atoms with E-state index in [1.807, 2.05) is 54.6 Å². The maximum absolute atomic E-state index is 12.0. The zero-order valence-electron chi connectivity index (χ0n) is 16.3. The van der Waals surface area contributed by atoms with Gasteiger partial charge in [-0.15, -0.1) is 0 Å². The molecule has 0 atom stereocenters. The molecule has 0 aliphatic rings. The van der Waals surface area contributed by atoms with Gasteiger partial charge in [-0.1, -0.05) is 48.5 Å². The number of ether oxygens (including phenoxy) is 1. The maximum atomic E-state index is 12.0. The number of hydrazone groups is 1. The summed E-state index contributed by atoms with van der Waals surface area (Å²) in [6, 6.07) is 21.8. The Morgan fingerprint density at radius 2 is 1.71 bits per heavy atom. The lowest BCUT2D eigenvalue weighted by atomic mass is 10.1. The van der Waals surface area contributed by atoms with Gasteiger partial charge < -0.3 is 9.64 Å². The summed E-state index contributed by atoms with van der Waals surface area (Å²) in [6.45, 7) is 6.11. The molecule has 0 heterocycles. The molecule has 3 rings (SSSR count). The number of hydrogen-bond acceptors (Lipinski definition) is 4. The van der Waals surface area contributed by atoms with Gasteiger partial charge in [-0.05, 0) is 43.0 Å². The summed E-state index contributed by atoms with van der Waals surface area (Å²) < 4.78 is 5.66. The highest BCUT2D eigenvalue weighted by Gasteiger charge is 2.05. The van der Waals surface area contributed by atoms with E-state index in [0.717, 1.165) is 29.4 Å². The predicted octanol–water partition coefficient (Wildman–Crippen LogP) is 4.22. The number of amides is 1. The van der Waals surface area contributed by atoms with E-state index in [1.165, 1.54) is 5.69 Å². The zero-order chi connectivity index (χ0) is 19.8. The fraction of sp³-hybridized carbons (Fsp3) is 0.217. The summed E-state index contributed by atoms with van der Waals surface area (Å²) in [5.41, 5.74) is 4.60. The van der Waals surface area contributed by atoms with E-state index in [2.05, 4.69) is 41.4 Å². The smallest absolute Gasteiger partial charge is 0.277 e. The van der Waals surface area contributed by atoms with Crippen LogP contribution in [0.3, 0.4) is 0 Å². The van der Waals surface area contributed by atoms with Gasteiger partial charge in [0, 0.05) is 24.2 Å². The van der Waals surface area contributed by atoms with Gasteiger partial charge in [-0.2, -0.15) is 5.10 Å². The molecule has 0 fully saturated rings. The number of nitrogens with zero attached hydrogens (tertiary/aromatic N) is 2. The normalized spacial score (nSPS) is 10.9. The molecule has 28 heavy (non-hydrogen) atoms. The largest absolute Gasteiger partial charge is 0.483 e. The van der Waals surface area contributed by atoms with Gasteiger partial charge in [0.25, 0.3) is 5.91 Å². The number of carbonyl (C=O) groups excluding carboxylic acids is 1. The molecule has 0 spiro atoms. The van der Waals surface area contributed by atoms with Crippen molar-refractivity contribution in [3.05, 3.63) is 72.3 Å². The summed E-state index contributed by atoms with van der Waals surface area (Å²) in [7, 11) is 0. The van der Waals surface area contributed by atoms with Crippen LogP contribution in [-0.2, 0) is 4.79 Å². The first-order valence-electron chi connectivity index (χ1n) is 9.48. The molecule has 144 valence electrons. The van der Waals surface area contributed by atoms with Crippen LogP contribution in [0.5, 0.6) is 5.75 Å². The third-order valence-electron chi connectivity index (χ3n) is 4.53. The Morgan fingerprint density at radius 3 is 2.46 bits per heavy atom. The second kappa shape index (κ2) is 9.55. The molecule has 0 aromatic heterocycles. The van der Waals surface area contributed by atoms with E-state index in [0.29, 0.717) is 5.75 Å². The molecule has 3 aromatic carbocycles. The number of benzene rings is 3. The molecule has 0 radical (unpaired) electrons. The first-order valence-corrected chi connectivity index (χ1v) is 9.48. The van der Waals surface area contributed by atoms with Crippen molar-refractivity contribution < 1.29 is 9.53 Å². The van der Waals surface area contributed by atoms with Crippen molar-refractivity contribution in [2.24, 2.45) is 5.10 Å². The Morgan fingerprint density at radius 1 is 1.00 bits per heavy atom. The van der Waals surface area contributed by atoms with Gasteiger partial charge in [-0.25, -0.2) is 5.43 Å². The van der Waals surface area contributed by atoms with Gasteiger partial charge >= 0.3 is 0 Å². The molecule has 3 aromatic rings. The van der Waals surface area contributed by atoms with E-state index in [1.54, 1.807) is 6.21 Å². The second-order valence-corrected chi connectivity index (χ2v) is 6.32. The lowest BCUT2D eigenvalue weighted by Crippen LogP contribution is -2.24. The molecular formula is C23H25N3O2. The predicted molar refractivity (Wildman–Crippen MR) is 115 cm³/mol. The molecule has 0 saturated carbocycles. The molecule has 1 N–H and O–H groups in total. The topological polar surface area (TPSA) is 53.9 Å². The van der Waals surface area contributed by atoms with E-state index in [-0.39, 0.29) is 12.5 Å². The van der Waals surface area contributed by atoms with E-state index in [9.17, 15) is 4.79 Å². The average Bonchev–Trinajstić information content (AvgIpc) is 2.74. The van der Waals surface area contributed by atoms with Crippen LogP contribution in [0.4, 0.5) is 5.69 Å². The Balaban J connectivity index is 1.52. The van der Waals surface area contributed by atoms with Crippen LogP contribution >= 0.6 is 0 Å². The summed E-state index contributed by atoms with van der Waals surface area (Å²) >= 11 is 0. The lowest BCUT2D eigenvalue weighted by Gasteiger charge is -2.20. The van der Waals surface area contributed by atoms with Crippen molar-refractivity contribution in [3.63, 3.8) is 0 Å². The van der Waals surface area contributed by atoms with E-state index >= 15 is 0 Å². The lowest BCUT2D eigenvalue weighted by molar-refractivity contribution is -0.123. The molecule has 0 unspecified atom stereocenters. The number of nitrogens with one attached hydrogen (secondary N) is 1. The molecule has 5 heteroatoms. The van der Waals surface area contributed by atoms with E-state index in [4.69, 9.17) is 4.74 Å². The number of anilines is 1. The van der Waals surface area contributed by atoms with Gasteiger partial charge in [0.05, 0.1) is 6.21 Å². The van der Waals surface area contributed by atoms with Crippen molar-refractivity contribution in [2.75, 3.05) is 24.6 Å². The Hall–Kier alpha value is -3.34. The zero-order valence-corrected chi connectivity index (χ0v) is 16.3. The van der Waals surface area contributed by atoms with Crippen molar-refractivity contribution in [2.45, 2.75) is 13.8 Å². The third-order valence-corrected chi connectivity index (χ3v) is 4.53. The summed E-state index contributed by atoms with van der Waals surface area (Å²) in [5, 5.41) is 6.07. The van der Waals surface area contributed by atoms with Gasteiger partial charge in [-0.3, -0.25) is 4.79 Å². The quantitative estimate of drug-likeness (QED) is 0.474. The van der Waals surface area contributed by atoms with Gasteiger partial charge in [0.1, 0.15) is 5.75 Å². The van der Waals surface area contributed by atoms with E-state index < -0.39 is 0 Å². The van der Waals surface area contributed by atoms with Crippen LogP contribution in [0.15, 0.2) is 71.8 Å². The van der Waals surface area contributed by atoms with Crippen LogP contribution in [-0.4, -0.2) is 31.8 Å². The number of carbonyl (C=O) groups is 1. The molecule has 1 amide bonds. The number of rotatable bonds is 8. The van der Waals surface area contributed by atoms with Crippen LogP contribution in [0.1, 0.15) is 19.4 Å². The minimum Gasteiger partial charge on any atom is -0.483 e. The Bertz CT molecular complexity index is 942. The summed E-state index contributed by atoms with van der Waals surface area (Å²) in [4.78, 5) is 14.3. The number of hydrogen-bond donors (Lipinski definition) is 1. The SMILES string of the molecule is CCN(CC)c1ccc(/C=N/NC(=O)COc2cccc3ccccc23)cc1. The van der Waals surface area contributed by atoms with Crippen LogP contribution in [0.2, 0.25) is 0 Å². The Labute approximate surface area is 165 Å². The second-order valence-electron chi connectivity index (χ2n) is 6.32. The molecule has 0 aliphatic heterocycles. The first-order chi connectivity index (χ1) is 13.7. The molecule has 0 bridgehead atoms. The van der Waals surface area contributed by atoms with Crippen molar-refractivity contribution >= 4 is 28.6 Å². The molecular weight excluding hydrogens is 350 g/mol. The van der Waals surface area contributed by atoms with Gasteiger partial charge in [0.15, 0.2) is 6.61 Å². The number of fused-ring (bicyclic) bond motifs is 1. The molecule has 0 saturated heterocycles. The minimum absolute atomic E-state index is 0.0910. The highest BCUT2D eigenvalue weighted by molar-refractivity contribution is 5.89. The van der Waals surface area contributed by atoms with Crippen molar-refractivity contribution in [1.29, 1.82) is 0 Å². The van der Waals surface area contributed by atoms with Crippen LogP contribution < -0.4 is 15.1 Å². The highest BCUT2D eigenvalue weighted by atomic mass is 16.5. The molecule has 5 nitrogen and oxygen atoms in total. The minimum atomic E-state index is -0.302. The highest BCUT2D eigenvalue weighted by Crippen LogP contribution is 2.24. The van der Waals surface area contributed by atoms with Crippen molar-refractivity contribution in [1.82, 2.24) is 5.43 Å². The fourth-order valence-electron chi connectivity index (χ4n) is 3.04.